The molecular formula is C35H35N3O8. The number of aromatic nitrogens is 2. The number of allylic oxidation sites excluding steroid dienone is 2. The van der Waals surface area contributed by atoms with Gasteiger partial charge in [0.25, 0.3) is 0 Å². The number of nitrogens with one attached hydrogen (secondary N) is 1. The smallest absolute Gasteiger partial charge is 0.337 e. The Balaban J connectivity index is 1.57. The first-order chi connectivity index (χ1) is 22.2. The number of fused-ring (bicyclic) bond motifs is 1. The van der Waals surface area contributed by atoms with E-state index >= 15 is 0 Å². The van der Waals surface area contributed by atoms with Crippen molar-refractivity contribution in [1.82, 2.24) is 9.78 Å². The Kier molecular flexibility index (Phi) is 8.08. The molecule has 1 aromatic heterocycles. The summed E-state index contributed by atoms with van der Waals surface area (Å²) in [6.07, 6.45) is 0.795. The molecule has 0 saturated carbocycles. The molecule has 0 spiro atoms. The van der Waals surface area contributed by atoms with Crippen LogP contribution in [0.5, 0.6) is 28.7 Å². The molecule has 0 radical (unpaired) electrons. The lowest BCUT2D eigenvalue weighted by molar-refractivity contribution is -0.116. The third kappa shape index (κ3) is 4.97. The molecule has 0 unspecified atom stereocenters. The summed E-state index contributed by atoms with van der Waals surface area (Å²) in [4.78, 5) is 26.6. The number of carbonyl (C=O) groups excluding carboxylic acids is 1. The summed E-state index contributed by atoms with van der Waals surface area (Å²) in [6.45, 7) is 1.86. The molecule has 46 heavy (non-hydrogen) atoms. The first kappa shape index (κ1) is 30.6. The largest absolute Gasteiger partial charge is 0.493 e. The van der Waals surface area contributed by atoms with Gasteiger partial charge in [0.1, 0.15) is 5.82 Å². The average molecular weight is 626 g/mol. The standard InChI is InChI=1S/C35H35N3O8/c1-18-30-31(21-16-28(44-4)33(46-6)29(17-21)45-5)32-23(36-34(30)38(37-18)24-10-8-7-9-22(24)35(40)41)13-20(14-25(32)39)19-11-12-26(42-2)27(15-19)43-3/h7-12,15-17,20,31,36H,13-14H2,1-6H3,(H,40,41)/t20-,31+/m0/s1. The van der Waals surface area contributed by atoms with E-state index in [-0.39, 0.29) is 23.7 Å². The topological polar surface area (TPSA) is 130 Å². The molecule has 2 aliphatic rings. The lowest BCUT2D eigenvalue weighted by Gasteiger charge is -2.36. The Hall–Kier alpha value is -5.45. The minimum atomic E-state index is -1.07. The molecule has 11 nitrogen and oxygen atoms in total. The number of carbonyl (C=O) groups is 2. The van der Waals surface area contributed by atoms with Gasteiger partial charge in [0.2, 0.25) is 5.75 Å². The number of hydrogen-bond donors (Lipinski definition) is 2. The van der Waals surface area contributed by atoms with Gasteiger partial charge in [-0.1, -0.05) is 18.2 Å². The average Bonchev–Trinajstić information content (AvgIpc) is 3.41. The van der Waals surface area contributed by atoms with E-state index in [0.717, 1.165) is 22.4 Å². The number of ether oxygens (including phenoxy) is 5. The van der Waals surface area contributed by atoms with Crippen LogP contribution in [0, 0.1) is 6.92 Å². The van der Waals surface area contributed by atoms with E-state index in [1.165, 1.54) is 7.11 Å². The number of carboxylic acid groups (broad SMARTS) is 1. The summed E-state index contributed by atoms with van der Waals surface area (Å²) < 4.78 is 29.6. The van der Waals surface area contributed by atoms with Crippen LogP contribution in [0.2, 0.25) is 0 Å². The lowest BCUT2D eigenvalue weighted by Crippen LogP contribution is -2.30. The molecule has 0 saturated heterocycles. The van der Waals surface area contributed by atoms with Crippen molar-refractivity contribution >= 4 is 17.6 Å². The van der Waals surface area contributed by atoms with Crippen LogP contribution < -0.4 is 29.0 Å². The number of nitrogens with zero attached hydrogens (tertiary/aromatic N) is 2. The predicted molar refractivity (Wildman–Crippen MR) is 170 cm³/mol. The number of Topliss-reactive ketones (excluding diaryl/α,β-unsaturated/α-hetero) is 1. The van der Waals surface area contributed by atoms with Crippen molar-refractivity contribution < 1.29 is 38.4 Å². The van der Waals surface area contributed by atoms with Crippen LogP contribution in [-0.4, -0.2) is 62.2 Å². The molecule has 11 heteroatoms. The van der Waals surface area contributed by atoms with E-state index in [2.05, 4.69) is 5.32 Å². The van der Waals surface area contributed by atoms with Gasteiger partial charge in [-0.3, -0.25) is 4.79 Å². The summed E-state index contributed by atoms with van der Waals surface area (Å²) in [7, 11) is 7.80. The molecule has 1 aliphatic heterocycles. The summed E-state index contributed by atoms with van der Waals surface area (Å²) in [5.74, 6) is 1.32. The maximum Gasteiger partial charge on any atom is 0.337 e. The monoisotopic (exact) mass is 625 g/mol. The Morgan fingerprint density at radius 2 is 1.50 bits per heavy atom. The molecule has 0 amide bonds. The maximum absolute atomic E-state index is 14.3. The number of benzene rings is 3. The second kappa shape index (κ2) is 12.2. The van der Waals surface area contributed by atoms with Crippen LogP contribution in [0.3, 0.4) is 0 Å². The van der Waals surface area contributed by atoms with Gasteiger partial charge in [-0.25, -0.2) is 9.48 Å². The number of aromatic carboxylic acids is 1. The van der Waals surface area contributed by atoms with Gasteiger partial charge in [-0.15, -0.1) is 0 Å². The van der Waals surface area contributed by atoms with Gasteiger partial charge in [0.05, 0.1) is 52.5 Å². The van der Waals surface area contributed by atoms with Gasteiger partial charge in [0, 0.05) is 29.2 Å². The minimum absolute atomic E-state index is 0.0176. The lowest BCUT2D eigenvalue weighted by atomic mass is 9.72. The zero-order valence-electron chi connectivity index (χ0n) is 26.5. The van der Waals surface area contributed by atoms with Crippen molar-refractivity contribution in [2.75, 3.05) is 40.9 Å². The van der Waals surface area contributed by atoms with Crippen LogP contribution in [-0.2, 0) is 4.79 Å². The Morgan fingerprint density at radius 1 is 0.848 bits per heavy atom. The fourth-order valence-corrected chi connectivity index (χ4v) is 6.63. The van der Waals surface area contributed by atoms with Gasteiger partial charge < -0.3 is 34.1 Å². The van der Waals surface area contributed by atoms with Crippen molar-refractivity contribution in [3.05, 3.63) is 93.8 Å². The number of methoxy groups -OCH3 is 5. The molecule has 0 fully saturated rings. The Bertz CT molecular complexity index is 1870. The summed E-state index contributed by atoms with van der Waals surface area (Å²) in [6, 6.07) is 16.1. The number of rotatable bonds is 9. The highest BCUT2D eigenvalue weighted by molar-refractivity contribution is 6.02. The van der Waals surface area contributed by atoms with Crippen molar-refractivity contribution in [3.63, 3.8) is 0 Å². The zero-order chi connectivity index (χ0) is 32.7. The molecule has 2 N–H and O–H groups in total. The fourth-order valence-electron chi connectivity index (χ4n) is 6.63. The van der Waals surface area contributed by atoms with Crippen LogP contribution in [0.15, 0.2) is 65.9 Å². The normalized spacial score (nSPS) is 17.0. The van der Waals surface area contributed by atoms with Gasteiger partial charge in [-0.05, 0) is 66.8 Å². The first-order valence-corrected chi connectivity index (χ1v) is 14.7. The molecule has 238 valence electrons. The fraction of sp³-hybridized carbons (Fsp3) is 0.286. The molecule has 2 atom stereocenters. The summed E-state index contributed by atoms with van der Waals surface area (Å²) in [5, 5.41) is 18.4. The number of para-hydroxylation sites is 1. The van der Waals surface area contributed by atoms with Gasteiger partial charge in [-0.2, -0.15) is 5.10 Å². The number of aryl methyl sites for hydroxylation is 1. The second-order valence-electron chi connectivity index (χ2n) is 11.1. The third-order valence-corrected chi connectivity index (χ3v) is 8.72. The van der Waals surface area contributed by atoms with Crippen LogP contribution in [0.25, 0.3) is 5.69 Å². The summed E-state index contributed by atoms with van der Waals surface area (Å²) in [5.41, 5.74) is 4.94. The van der Waals surface area contributed by atoms with E-state index < -0.39 is 11.9 Å². The van der Waals surface area contributed by atoms with Gasteiger partial charge >= 0.3 is 5.97 Å². The predicted octanol–water partition coefficient (Wildman–Crippen LogP) is 5.88. The quantitative estimate of drug-likeness (QED) is 0.233. The minimum Gasteiger partial charge on any atom is -0.493 e. The highest BCUT2D eigenvalue weighted by Gasteiger charge is 2.42. The van der Waals surface area contributed by atoms with Crippen LogP contribution in [0.4, 0.5) is 5.82 Å². The van der Waals surface area contributed by atoms with Crippen molar-refractivity contribution in [1.29, 1.82) is 0 Å². The van der Waals surface area contributed by atoms with Crippen LogP contribution >= 0.6 is 0 Å². The molecule has 0 bridgehead atoms. The molecule has 4 aromatic rings. The van der Waals surface area contributed by atoms with Gasteiger partial charge in [0.15, 0.2) is 28.8 Å². The SMILES string of the molecule is COc1ccc([C@@H]2CC(=O)C3=C(C2)Nc2c(c(C)nn2-c2ccccc2C(=O)O)[C@H]3c2cc(OC)c(OC)c(OC)c2)cc1OC. The molecule has 3 aromatic carbocycles. The zero-order valence-corrected chi connectivity index (χ0v) is 26.5. The number of ketones is 1. The van der Waals surface area contributed by atoms with E-state index in [4.69, 9.17) is 28.8 Å². The van der Waals surface area contributed by atoms with E-state index in [9.17, 15) is 14.7 Å². The number of anilines is 1. The highest BCUT2D eigenvalue weighted by Crippen LogP contribution is 2.52. The Morgan fingerprint density at radius 3 is 2.13 bits per heavy atom. The van der Waals surface area contributed by atoms with E-state index in [0.29, 0.717) is 57.9 Å². The molecule has 6 rings (SSSR count). The molecule has 2 heterocycles. The van der Waals surface area contributed by atoms with Crippen molar-refractivity contribution in [2.24, 2.45) is 0 Å². The Labute approximate surface area is 266 Å². The van der Waals surface area contributed by atoms with Crippen molar-refractivity contribution in [2.45, 2.75) is 31.6 Å². The first-order valence-electron chi connectivity index (χ1n) is 14.7. The van der Waals surface area contributed by atoms with E-state index in [1.807, 2.05) is 37.3 Å². The second-order valence-corrected chi connectivity index (χ2v) is 11.1. The number of hydrogen-bond acceptors (Lipinski definition) is 9. The third-order valence-electron chi connectivity index (χ3n) is 8.72. The van der Waals surface area contributed by atoms with Crippen molar-refractivity contribution in [3.8, 4) is 34.4 Å². The molecular weight excluding hydrogens is 590 g/mol. The summed E-state index contributed by atoms with van der Waals surface area (Å²) >= 11 is 0. The molecule has 1 aliphatic carbocycles. The van der Waals surface area contributed by atoms with Crippen LogP contribution in [0.1, 0.15) is 57.4 Å². The van der Waals surface area contributed by atoms with E-state index in [1.54, 1.807) is 57.4 Å². The number of carboxylic acids is 1. The highest BCUT2D eigenvalue weighted by atomic mass is 16.5. The maximum atomic E-state index is 14.3.